The van der Waals surface area contributed by atoms with Gasteiger partial charge in [-0.1, -0.05) is 24.3 Å². The van der Waals surface area contributed by atoms with Gasteiger partial charge in [0.2, 0.25) is 0 Å². The summed E-state index contributed by atoms with van der Waals surface area (Å²) in [6, 6.07) is 22.4. The molecule has 1 saturated carbocycles. The Labute approximate surface area is 246 Å². The van der Waals surface area contributed by atoms with E-state index in [2.05, 4.69) is 10.3 Å². The first kappa shape index (κ1) is 27.7. The van der Waals surface area contributed by atoms with Crippen LogP contribution >= 0.6 is 0 Å². The number of ether oxygens (including phenoxy) is 1. The van der Waals surface area contributed by atoms with Crippen LogP contribution in [-0.4, -0.2) is 23.4 Å². The smallest absolute Gasteiger partial charge is 0.255 e. The molecule has 0 spiro atoms. The Morgan fingerprint density at radius 2 is 1.91 bits per heavy atom. The summed E-state index contributed by atoms with van der Waals surface area (Å²) in [4.78, 5) is 30.7. The van der Waals surface area contributed by atoms with Crippen molar-refractivity contribution < 1.29 is 23.1 Å². The number of nitrogens with one attached hydrogen (secondary N) is 1. The fourth-order valence-corrected chi connectivity index (χ4v) is 5.40. The Morgan fingerprint density at radius 3 is 2.58 bits per heavy atom. The molecule has 0 saturated heterocycles. The van der Waals surface area contributed by atoms with E-state index < -0.39 is 11.4 Å². The molecule has 5 aromatic rings. The Kier molecular flexibility index (Phi) is 7.12. The van der Waals surface area contributed by atoms with Crippen molar-refractivity contribution in [1.82, 2.24) is 10.3 Å². The number of pyridine rings is 1. The number of hydrogen-bond donors (Lipinski definition) is 2. The molecule has 0 radical (unpaired) electrons. The molecule has 8 nitrogen and oxygen atoms in total. The van der Waals surface area contributed by atoms with Crippen LogP contribution in [0.3, 0.4) is 0 Å². The highest BCUT2D eigenvalue weighted by atomic mass is 19.1. The van der Waals surface area contributed by atoms with Crippen LogP contribution in [0.5, 0.6) is 5.75 Å². The predicted octanol–water partition coefficient (Wildman–Crippen LogP) is 5.95. The van der Waals surface area contributed by atoms with E-state index in [0.717, 1.165) is 40.8 Å². The van der Waals surface area contributed by atoms with Crippen molar-refractivity contribution in [2.24, 2.45) is 5.73 Å². The Balaban J connectivity index is 1.40. The van der Waals surface area contributed by atoms with Crippen molar-refractivity contribution in [3.05, 3.63) is 119 Å². The summed E-state index contributed by atoms with van der Waals surface area (Å²) in [5.74, 6) is -0.673. The minimum absolute atomic E-state index is 0.218. The summed E-state index contributed by atoms with van der Waals surface area (Å²) in [7, 11) is 0. The topological polar surface area (TPSA) is 131 Å². The molecule has 0 aliphatic heterocycles. The first-order valence-corrected chi connectivity index (χ1v) is 13.8. The summed E-state index contributed by atoms with van der Waals surface area (Å²) in [5.41, 5.74) is 10.1. The number of nitrogens with two attached hydrogens (primary N) is 1. The lowest BCUT2D eigenvalue weighted by atomic mass is 9.95. The molecule has 0 atom stereocenters. The van der Waals surface area contributed by atoms with Crippen LogP contribution in [-0.2, 0) is 12.0 Å². The van der Waals surface area contributed by atoms with Crippen LogP contribution in [0.15, 0.2) is 83.4 Å². The molecule has 43 heavy (non-hydrogen) atoms. The van der Waals surface area contributed by atoms with E-state index in [9.17, 15) is 14.0 Å². The standard InChI is InChI=1S/C34H27FN4O4/c1-20-16-28(42-15-13-36)26(33(41)39-34(11-12-34)30-4-2-3-14-38-30)19-24(20)22-7-10-27-25(18-22)31(32(37)40)29(43-27)17-21-5-8-23(35)9-6-21/h2-10,14,16,18-19H,11-12,15,17H2,1H3,(H2,37,40)(H,39,41). The number of fused-ring (bicyclic) bond motifs is 1. The van der Waals surface area contributed by atoms with Gasteiger partial charge in [0.1, 0.15) is 29.0 Å². The van der Waals surface area contributed by atoms with Crippen LogP contribution in [0, 0.1) is 24.1 Å². The van der Waals surface area contributed by atoms with E-state index in [1.165, 1.54) is 12.1 Å². The molecule has 1 fully saturated rings. The van der Waals surface area contributed by atoms with Gasteiger partial charge in [0.25, 0.3) is 11.8 Å². The first-order chi connectivity index (χ1) is 20.8. The molecule has 9 heteroatoms. The molecule has 0 unspecified atom stereocenters. The number of benzene rings is 3. The molecule has 2 amide bonds. The molecule has 3 aromatic carbocycles. The van der Waals surface area contributed by atoms with Gasteiger partial charge in [0.15, 0.2) is 6.61 Å². The predicted molar refractivity (Wildman–Crippen MR) is 158 cm³/mol. The number of primary amides is 1. The number of nitriles is 1. The minimum Gasteiger partial charge on any atom is -0.478 e. The van der Waals surface area contributed by atoms with Crippen molar-refractivity contribution in [2.45, 2.75) is 31.7 Å². The molecule has 0 bridgehead atoms. The SMILES string of the molecule is Cc1cc(OCC#N)c(C(=O)NC2(c3ccccn3)CC2)cc1-c1ccc2oc(Cc3ccc(F)cc3)c(C(N)=O)c2c1. The lowest BCUT2D eigenvalue weighted by Crippen LogP contribution is -2.35. The molecule has 2 aromatic heterocycles. The molecule has 3 N–H and O–H groups in total. The number of aryl methyl sites for hydroxylation is 1. The van der Waals surface area contributed by atoms with Gasteiger partial charge in [-0.3, -0.25) is 14.6 Å². The maximum Gasteiger partial charge on any atom is 0.255 e. The highest BCUT2D eigenvalue weighted by Crippen LogP contribution is 2.45. The third-order valence-electron chi connectivity index (χ3n) is 7.72. The molecule has 6 rings (SSSR count). The molecule has 214 valence electrons. The van der Waals surface area contributed by atoms with Gasteiger partial charge in [-0.15, -0.1) is 0 Å². The fraction of sp³-hybridized carbons (Fsp3) is 0.176. The lowest BCUT2D eigenvalue weighted by Gasteiger charge is -2.19. The van der Waals surface area contributed by atoms with E-state index in [1.807, 2.05) is 43.3 Å². The first-order valence-electron chi connectivity index (χ1n) is 13.8. The van der Waals surface area contributed by atoms with Crippen LogP contribution in [0.4, 0.5) is 4.39 Å². The number of amides is 2. The van der Waals surface area contributed by atoms with Gasteiger partial charge in [-0.25, -0.2) is 4.39 Å². The number of aromatic nitrogens is 1. The quantitative estimate of drug-likeness (QED) is 0.224. The molecule has 2 heterocycles. The summed E-state index contributed by atoms with van der Waals surface area (Å²) in [5, 5.41) is 12.8. The van der Waals surface area contributed by atoms with Gasteiger partial charge < -0.3 is 20.2 Å². The second-order valence-corrected chi connectivity index (χ2v) is 10.6. The van der Waals surface area contributed by atoms with Gasteiger partial charge in [0, 0.05) is 18.0 Å². The number of furan rings is 1. The van der Waals surface area contributed by atoms with Gasteiger partial charge in [0.05, 0.1) is 22.4 Å². The highest BCUT2D eigenvalue weighted by Gasteiger charge is 2.47. The van der Waals surface area contributed by atoms with E-state index in [1.54, 1.807) is 36.5 Å². The maximum atomic E-state index is 13.7. The van der Waals surface area contributed by atoms with Crippen LogP contribution in [0.1, 0.15) is 56.1 Å². The zero-order valence-electron chi connectivity index (χ0n) is 23.3. The van der Waals surface area contributed by atoms with Crippen molar-refractivity contribution in [3.63, 3.8) is 0 Å². The molecule has 1 aliphatic carbocycles. The second kappa shape index (κ2) is 11.1. The number of hydrogen-bond acceptors (Lipinski definition) is 6. The van der Waals surface area contributed by atoms with Gasteiger partial charge >= 0.3 is 0 Å². The van der Waals surface area contributed by atoms with E-state index in [4.69, 9.17) is 20.1 Å². The average Bonchev–Trinajstić information content (AvgIpc) is 3.69. The number of nitrogens with zero attached hydrogens (tertiary/aromatic N) is 2. The Bertz CT molecular complexity index is 1910. The van der Waals surface area contributed by atoms with Crippen LogP contribution in [0.25, 0.3) is 22.1 Å². The average molecular weight is 575 g/mol. The van der Waals surface area contributed by atoms with Gasteiger partial charge in [-0.05, 0) is 90.6 Å². The fourth-order valence-electron chi connectivity index (χ4n) is 5.40. The normalized spacial score (nSPS) is 13.3. The molecule has 1 aliphatic rings. The van der Waals surface area contributed by atoms with Crippen molar-refractivity contribution in [3.8, 4) is 22.9 Å². The van der Waals surface area contributed by atoms with Gasteiger partial charge in [-0.2, -0.15) is 5.26 Å². The number of halogens is 1. The zero-order valence-corrected chi connectivity index (χ0v) is 23.3. The second-order valence-electron chi connectivity index (χ2n) is 10.6. The monoisotopic (exact) mass is 574 g/mol. The van der Waals surface area contributed by atoms with Crippen molar-refractivity contribution in [2.75, 3.05) is 6.61 Å². The van der Waals surface area contributed by atoms with E-state index in [-0.39, 0.29) is 35.9 Å². The van der Waals surface area contributed by atoms with Crippen molar-refractivity contribution in [1.29, 1.82) is 5.26 Å². The lowest BCUT2D eigenvalue weighted by molar-refractivity contribution is 0.0925. The van der Waals surface area contributed by atoms with Crippen molar-refractivity contribution >= 4 is 22.8 Å². The maximum absolute atomic E-state index is 13.7. The Hall–Kier alpha value is -5.49. The van der Waals surface area contributed by atoms with E-state index >= 15 is 0 Å². The largest absolute Gasteiger partial charge is 0.478 e. The molecular weight excluding hydrogens is 547 g/mol. The number of rotatable bonds is 9. The third kappa shape index (κ3) is 5.43. The highest BCUT2D eigenvalue weighted by molar-refractivity contribution is 6.08. The van der Waals surface area contributed by atoms with E-state index in [0.29, 0.717) is 22.5 Å². The Morgan fingerprint density at radius 1 is 1.12 bits per heavy atom. The minimum atomic E-state index is -0.644. The zero-order chi connectivity index (χ0) is 30.1. The summed E-state index contributed by atoms with van der Waals surface area (Å²) >= 11 is 0. The number of carbonyl (C=O) groups is 2. The van der Waals surface area contributed by atoms with Crippen LogP contribution in [0.2, 0.25) is 0 Å². The van der Waals surface area contributed by atoms with Crippen LogP contribution < -0.4 is 15.8 Å². The summed E-state index contributed by atoms with van der Waals surface area (Å²) < 4.78 is 25.1. The third-order valence-corrected chi connectivity index (χ3v) is 7.72. The molecular formula is C34H27FN4O4. The summed E-state index contributed by atoms with van der Waals surface area (Å²) in [6.07, 6.45) is 3.48. The summed E-state index contributed by atoms with van der Waals surface area (Å²) in [6.45, 7) is 1.66. The number of carbonyl (C=O) groups excluding carboxylic acids is 2.